The van der Waals surface area contributed by atoms with E-state index in [0.717, 1.165) is 25.7 Å². The second kappa shape index (κ2) is 13.9. The van der Waals surface area contributed by atoms with Crippen molar-refractivity contribution in [2.45, 2.75) is 46.5 Å². The van der Waals surface area contributed by atoms with Gasteiger partial charge in [-0.3, -0.25) is 30.6 Å². The van der Waals surface area contributed by atoms with Crippen LogP contribution in [0.1, 0.15) is 67.2 Å². The van der Waals surface area contributed by atoms with E-state index in [4.69, 9.17) is 17.0 Å². The van der Waals surface area contributed by atoms with E-state index in [9.17, 15) is 14.4 Å². The molecular formula is C25H32N4O4S. The van der Waals surface area contributed by atoms with Gasteiger partial charge in [0.15, 0.2) is 5.11 Å². The monoisotopic (exact) mass is 484 g/mol. The molecule has 0 unspecified atom stereocenters. The van der Waals surface area contributed by atoms with E-state index in [1.165, 1.54) is 0 Å². The van der Waals surface area contributed by atoms with Gasteiger partial charge in [-0.1, -0.05) is 52.2 Å². The summed E-state index contributed by atoms with van der Waals surface area (Å²) >= 11 is 5.12. The SMILES string of the molecule is CCCCCCOc1ccccc1C(=O)NC(=S)NNC(=O)c1ccc(NC(=O)C(C)C)cc1. The molecule has 0 heterocycles. The third-order valence-electron chi connectivity index (χ3n) is 4.84. The number of thiocarbonyl (C=S) groups is 1. The molecule has 8 nitrogen and oxygen atoms in total. The molecular weight excluding hydrogens is 452 g/mol. The summed E-state index contributed by atoms with van der Waals surface area (Å²) in [6, 6.07) is 13.3. The zero-order valence-corrected chi connectivity index (χ0v) is 20.6. The molecule has 0 bridgehead atoms. The average molecular weight is 485 g/mol. The van der Waals surface area contributed by atoms with Gasteiger partial charge < -0.3 is 10.1 Å². The summed E-state index contributed by atoms with van der Waals surface area (Å²) in [5.41, 5.74) is 6.26. The number of amides is 3. The molecule has 9 heteroatoms. The van der Waals surface area contributed by atoms with Crippen molar-refractivity contribution in [1.82, 2.24) is 16.2 Å². The molecule has 3 amide bonds. The predicted octanol–water partition coefficient (Wildman–Crippen LogP) is 4.19. The Bertz CT molecular complexity index is 993. The highest BCUT2D eigenvalue weighted by molar-refractivity contribution is 7.80. The van der Waals surface area contributed by atoms with Crippen LogP contribution < -0.4 is 26.2 Å². The molecule has 0 aromatic heterocycles. The number of ether oxygens (including phenoxy) is 1. The van der Waals surface area contributed by atoms with E-state index in [1.807, 2.05) is 0 Å². The van der Waals surface area contributed by atoms with Crippen LogP contribution in [0.2, 0.25) is 0 Å². The largest absolute Gasteiger partial charge is 0.493 e. The summed E-state index contributed by atoms with van der Waals surface area (Å²) in [5, 5.41) is 5.23. The van der Waals surface area contributed by atoms with Gasteiger partial charge in [0, 0.05) is 17.2 Å². The van der Waals surface area contributed by atoms with E-state index in [0.29, 0.717) is 29.2 Å². The summed E-state index contributed by atoms with van der Waals surface area (Å²) < 4.78 is 5.77. The van der Waals surface area contributed by atoms with Gasteiger partial charge in [-0.2, -0.15) is 0 Å². The van der Waals surface area contributed by atoms with E-state index in [2.05, 4.69) is 28.4 Å². The quantitative estimate of drug-likeness (QED) is 0.229. The van der Waals surface area contributed by atoms with Gasteiger partial charge in [0.2, 0.25) is 5.91 Å². The van der Waals surface area contributed by atoms with Crippen molar-refractivity contribution < 1.29 is 19.1 Å². The highest BCUT2D eigenvalue weighted by Crippen LogP contribution is 2.18. The lowest BCUT2D eigenvalue weighted by Gasteiger charge is -2.14. The number of carbonyl (C=O) groups is 3. The molecule has 0 radical (unpaired) electrons. The molecule has 2 aromatic rings. The summed E-state index contributed by atoms with van der Waals surface area (Å²) in [4.78, 5) is 36.7. The fourth-order valence-electron chi connectivity index (χ4n) is 2.87. The molecule has 0 fully saturated rings. The zero-order chi connectivity index (χ0) is 24.9. The Morgan fingerprint density at radius 3 is 2.29 bits per heavy atom. The maximum absolute atomic E-state index is 12.6. The van der Waals surface area contributed by atoms with Crippen LogP contribution in [0.5, 0.6) is 5.75 Å². The molecule has 0 saturated carbocycles. The number of anilines is 1. The Kier molecular flexibility index (Phi) is 11.0. The number of hydrogen-bond donors (Lipinski definition) is 4. The molecule has 2 rings (SSSR count). The van der Waals surface area contributed by atoms with Crippen molar-refractivity contribution in [3.63, 3.8) is 0 Å². The van der Waals surface area contributed by atoms with Crippen LogP contribution in [0.15, 0.2) is 48.5 Å². The smallest absolute Gasteiger partial charge is 0.269 e. The topological polar surface area (TPSA) is 109 Å². The van der Waals surface area contributed by atoms with Gasteiger partial charge in [-0.05, 0) is 55.0 Å². The molecule has 0 aliphatic carbocycles. The van der Waals surface area contributed by atoms with Crippen LogP contribution in [-0.4, -0.2) is 29.4 Å². The Labute approximate surface area is 205 Å². The van der Waals surface area contributed by atoms with Crippen molar-refractivity contribution >= 4 is 40.7 Å². The number of unbranched alkanes of at least 4 members (excludes halogenated alkanes) is 3. The molecule has 4 N–H and O–H groups in total. The van der Waals surface area contributed by atoms with Crippen LogP contribution in [-0.2, 0) is 4.79 Å². The summed E-state index contributed by atoms with van der Waals surface area (Å²) in [7, 11) is 0. The van der Waals surface area contributed by atoms with Crippen molar-refractivity contribution in [2.24, 2.45) is 5.92 Å². The van der Waals surface area contributed by atoms with Crippen molar-refractivity contribution in [3.8, 4) is 5.75 Å². The van der Waals surface area contributed by atoms with Crippen LogP contribution in [0.25, 0.3) is 0 Å². The summed E-state index contributed by atoms with van der Waals surface area (Å²) in [6.07, 6.45) is 4.28. The van der Waals surface area contributed by atoms with Gasteiger partial charge in [-0.15, -0.1) is 0 Å². The number of rotatable bonds is 10. The number of para-hydroxylation sites is 1. The fraction of sp³-hybridized carbons (Fsp3) is 0.360. The first-order valence-electron chi connectivity index (χ1n) is 11.4. The summed E-state index contributed by atoms with van der Waals surface area (Å²) in [5.74, 6) is -0.667. The molecule has 34 heavy (non-hydrogen) atoms. The first kappa shape index (κ1) is 26.8. The lowest BCUT2D eigenvalue weighted by Crippen LogP contribution is -2.48. The fourth-order valence-corrected chi connectivity index (χ4v) is 3.01. The van der Waals surface area contributed by atoms with Crippen LogP contribution >= 0.6 is 12.2 Å². The normalized spacial score (nSPS) is 10.4. The number of hydrogen-bond acceptors (Lipinski definition) is 5. The van der Waals surface area contributed by atoms with Gasteiger partial charge >= 0.3 is 0 Å². The Morgan fingerprint density at radius 2 is 1.62 bits per heavy atom. The minimum absolute atomic E-state index is 0.0584. The lowest BCUT2D eigenvalue weighted by atomic mass is 10.1. The van der Waals surface area contributed by atoms with Crippen LogP contribution in [0, 0.1) is 5.92 Å². The van der Waals surface area contributed by atoms with Crippen molar-refractivity contribution in [3.05, 3.63) is 59.7 Å². The third-order valence-corrected chi connectivity index (χ3v) is 5.05. The van der Waals surface area contributed by atoms with Gasteiger partial charge in [-0.25, -0.2) is 0 Å². The zero-order valence-electron chi connectivity index (χ0n) is 19.8. The number of benzene rings is 2. The highest BCUT2D eigenvalue weighted by atomic mass is 32.1. The maximum atomic E-state index is 12.6. The number of nitrogens with one attached hydrogen (secondary N) is 4. The minimum Gasteiger partial charge on any atom is -0.493 e. The van der Waals surface area contributed by atoms with E-state index in [-0.39, 0.29) is 16.9 Å². The first-order chi connectivity index (χ1) is 16.3. The summed E-state index contributed by atoms with van der Waals surface area (Å²) in [6.45, 7) is 6.27. The Hall–Kier alpha value is -3.46. The molecule has 0 spiro atoms. The van der Waals surface area contributed by atoms with Gasteiger partial charge in [0.25, 0.3) is 11.8 Å². The first-order valence-corrected chi connectivity index (χ1v) is 11.8. The minimum atomic E-state index is -0.450. The van der Waals surface area contributed by atoms with E-state index < -0.39 is 11.8 Å². The molecule has 0 aliphatic rings. The van der Waals surface area contributed by atoms with Crippen molar-refractivity contribution in [1.29, 1.82) is 0 Å². The molecule has 2 aromatic carbocycles. The Balaban J connectivity index is 1.84. The van der Waals surface area contributed by atoms with Gasteiger partial charge in [0.1, 0.15) is 5.75 Å². The second-order valence-electron chi connectivity index (χ2n) is 7.99. The molecule has 0 atom stereocenters. The molecule has 0 saturated heterocycles. The van der Waals surface area contributed by atoms with E-state index >= 15 is 0 Å². The standard InChI is InChI=1S/C25H32N4O4S/c1-4-5-6-9-16-33-21-11-8-7-10-20(21)24(32)27-25(34)29-28-23(31)18-12-14-19(15-13-18)26-22(30)17(2)3/h7-8,10-15,17H,4-6,9,16H2,1-3H3,(H,26,30)(H,28,31)(H2,27,29,32,34). The number of hydrazine groups is 1. The highest BCUT2D eigenvalue weighted by Gasteiger charge is 2.14. The third kappa shape index (κ3) is 8.82. The van der Waals surface area contributed by atoms with Crippen LogP contribution in [0.4, 0.5) is 5.69 Å². The molecule has 182 valence electrons. The van der Waals surface area contributed by atoms with Gasteiger partial charge in [0.05, 0.1) is 12.2 Å². The van der Waals surface area contributed by atoms with E-state index in [1.54, 1.807) is 62.4 Å². The predicted molar refractivity (Wildman–Crippen MR) is 137 cm³/mol. The van der Waals surface area contributed by atoms with Crippen LogP contribution in [0.3, 0.4) is 0 Å². The maximum Gasteiger partial charge on any atom is 0.269 e. The lowest BCUT2D eigenvalue weighted by molar-refractivity contribution is -0.118. The van der Waals surface area contributed by atoms with Crippen molar-refractivity contribution in [2.75, 3.05) is 11.9 Å². The average Bonchev–Trinajstić information content (AvgIpc) is 2.83. The molecule has 0 aliphatic heterocycles. The second-order valence-corrected chi connectivity index (χ2v) is 8.40. The number of carbonyl (C=O) groups excluding carboxylic acids is 3. The Morgan fingerprint density at radius 1 is 0.912 bits per heavy atom.